The van der Waals surface area contributed by atoms with Crippen molar-refractivity contribution >= 4 is 11.8 Å². The van der Waals surface area contributed by atoms with E-state index < -0.39 is 0 Å². The third-order valence-corrected chi connectivity index (χ3v) is 1.45. The maximum atomic E-state index is 11.6. The Bertz CT molecular complexity index is 255. The minimum Gasteiger partial charge on any atom is -0.344 e. The SMILES string of the molecule is CC(=O)NC(=CC(C)C)C(=O)N(C)C. The minimum absolute atomic E-state index is 0.186. The van der Waals surface area contributed by atoms with E-state index in [0.717, 1.165) is 0 Å². The van der Waals surface area contributed by atoms with Crippen molar-refractivity contribution in [2.24, 2.45) is 5.92 Å². The summed E-state index contributed by atoms with van der Waals surface area (Å²) in [5, 5.41) is 2.52. The number of nitrogens with one attached hydrogen (secondary N) is 1. The predicted octanol–water partition coefficient (Wildman–Crippen LogP) is 0.751. The molecule has 80 valence electrons. The van der Waals surface area contributed by atoms with E-state index in [-0.39, 0.29) is 17.7 Å². The molecule has 0 fully saturated rings. The first kappa shape index (κ1) is 12.7. The topological polar surface area (TPSA) is 49.4 Å². The highest BCUT2D eigenvalue weighted by molar-refractivity contribution is 5.96. The second-order valence-corrected chi connectivity index (χ2v) is 3.71. The van der Waals surface area contributed by atoms with Gasteiger partial charge in [0.2, 0.25) is 5.91 Å². The van der Waals surface area contributed by atoms with Crippen molar-refractivity contribution in [2.75, 3.05) is 14.1 Å². The van der Waals surface area contributed by atoms with Gasteiger partial charge >= 0.3 is 0 Å². The molecule has 0 aromatic heterocycles. The molecule has 0 spiro atoms. The molecule has 0 aliphatic carbocycles. The van der Waals surface area contributed by atoms with E-state index in [1.807, 2.05) is 13.8 Å². The van der Waals surface area contributed by atoms with Crippen LogP contribution in [0.1, 0.15) is 20.8 Å². The van der Waals surface area contributed by atoms with Crippen molar-refractivity contribution in [3.05, 3.63) is 11.8 Å². The van der Waals surface area contributed by atoms with Crippen LogP contribution in [-0.2, 0) is 9.59 Å². The molecule has 14 heavy (non-hydrogen) atoms. The Labute approximate surface area is 85.0 Å². The molecule has 0 heterocycles. The van der Waals surface area contributed by atoms with Gasteiger partial charge in [0, 0.05) is 21.0 Å². The monoisotopic (exact) mass is 198 g/mol. The van der Waals surface area contributed by atoms with Gasteiger partial charge in [0.25, 0.3) is 5.91 Å². The molecule has 0 aromatic carbocycles. The summed E-state index contributed by atoms with van der Waals surface area (Å²) in [7, 11) is 3.30. The van der Waals surface area contributed by atoms with Crippen LogP contribution in [0.3, 0.4) is 0 Å². The van der Waals surface area contributed by atoms with Gasteiger partial charge in [-0.2, -0.15) is 0 Å². The number of carbonyl (C=O) groups is 2. The van der Waals surface area contributed by atoms with Gasteiger partial charge in [0.15, 0.2) is 0 Å². The second kappa shape index (κ2) is 5.42. The minimum atomic E-state index is -0.230. The first-order valence-electron chi connectivity index (χ1n) is 4.55. The summed E-state index contributed by atoms with van der Waals surface area (Å²) in [6, 6.07) is 0. The summed E-state index contributed by atoms with van der Waals surface area (Å²) in [6.07, 6.45) is 1.74. The normalized spacial score (nSPS) is 11.4. The molecule has 0 unspecified atom stereocenters. The van der Waals surface area contributed by atoms with Crippen LogP contribution in [0.2, 0.25) is 0 Å². The number of allylic oxidation sites excluding steroid dienone is 1. The van der Waals surface area contributed by atoms with Gasteiger partial charge in [-0.3, -0.25) is 9.59 Å². The molecular weight excluding hydrogens is 180 g/mol. The Morgan fingerprint density at radius 3 is 2.07 bits per heavy atom. The highest BCUT2D eigenvalue weighted by atomic mass is 16.2. The van der Waals surface area contributed by atoms with E-state index in [0.29, 0.717) is 5.70 Å². The molecule has 4 nitrogen and oxygen atoms in total. The number of hydrogen-bond acceptors (Lipinski definition) is 2. The van der Waals surface area contributed by atoms with E-state index in [1.54, 1.807) is 20.2 Å². The molecule has 0 saturated heterocycles. The molecule has 0 rings (SSSR count). The van der Waals surface area contributed by atoms with Crippen molar-refractivity contribution < 1.29 is 9.59 Å². The number of amides is 2. The number of likely N-dealkylation sites (N-methyl/N-ethyl adjacent to an activating group) is 1. The van der Waals surface area contributed by atoms with Gasteiger partial charge in [-0.25, -0.2) is 0 Å². The molecule has 0 aliphatic heterocycles. The quantitative estimate of drug-likeness (QED) is 0.680. The molecule has 0 atom stereocenters. The summed E-state index contributed by atoms with van der Waals surface area (Å²) in [6.45, 7) is 5.28. The Morgan fingerprint density at radius 1 is 1.29 bits per heavy atom. The first-order valence-corrected chi connectivity index (χ1v) is 4.55. The molecule has 4 heteroatoms. The van der Waals surface area contributed by atoms with Crippen molar-refractivity contribution in [3.8, 4) is 0 Å². The lowest BCUT2D eigenvalue weighted by molar-refractivity contribution is -0.127. The molecule has 0 bridgehead atoms. The number of rotatable bonds is 3. The van der Waals surface area contributed by atoms with Crippen LogP contribution in [-0.4, -0.2) is 30.8 Å². The predicted molar refractivity (Wildman–Crippen MR) is 55.4 cm³/mol. The second-order valence-electron chi connectivity index (χ2n) is 3.71. The average Bonchev–Trinajstić information content (AvgIpc) is 1.99. The number of nitrogens with zero attached hydrogens (tertiary/aromatic N) is 1. The van der Waals surface area contributed by atoms with E-state index >= 15 is 0 Å². The van der Waals surface area contributed by atoms with Crippen LogP contribution in [0, 0.1) is 5.92 Å². The third kappa shape index (κ3) is 4.64. The van der Waals surface area contributed by atoms with Gasteiger partial charge in [0.1, 0.15) is 5.70 Å². The van der Waals surface area contributed by atoms with Crippen molar-refractivity contribution in [1.29, 1.82) is 0 Å². The van der Waals surface area contributed by atoms with Crippen molar-refractivity contribution in [1.82, 2.24) is 10.2 Å². The standard InChI is InChI=1S/C10H18N2O2/c1-7(2)6-9(11-8(3)13)10(14)12(4)5/h6-7H,1-5H3,(H,11,13). The molecule has 1 N–H and O–H groups in total. The van der Waals surface area contributed by atoms with Crippen LogP contribution < -0.4 is 5.32 Å². The lowest BCUT2D eigenvalue weighted by atomic mass is 10.1. The molecule has 2 amide bonds. The Morgan fingerprint density at radius 2 is 1.79 bits per heavy atom. The van der Waals surface area contributed by atoms with E-state index in [1.165, 1.54) is 11.8 Å². The van der Waals surface area contributed by atoms with Crippen molar-refractivity contribution in [3.63, 3.8) is 0 Å². The van der Waals surface area contributed by atoms with Gasteiger partial charge < -0.3 is 10.2 Å². The smallest absolute Gasteiger partial charge is 0.269 e. The zero-order chi connectivity index (χ0) is 11.3. The zero-order valence-electron chi connectivity index (χ0n) is 9.42. The maximum Gasteiger partial charge on any atom is 0.269 e. The lowest BCUT2D eigenvalue weighted by Gasteiger charge is -2.14. The van der Waals surface area contributed by atoms with Crippen LogP contribution in [0.4, 0.5) is 0 Å². The fourth-order valence-electron chi connectivity index (χ4n) is 0.930. The van der Waals surface area contributed by atoms with Crippen molar-refractivity contribution in [2.45, 2.75) is 20.8 Å². The fourth-order valence-corrected chi connectivity index (χ4v) is 0.930. The highest BCUT2D eigenvalue weighted by Crippen LogP contribution is 2.02. The maximum absolute atomic E-state index is 11.6. The summed E-state index contributed by atoms with van der Waals surface area (Å²) >= 11 is 0. The Balaban J connectivity index is 4.73. The zero-order valence-corrected chi connectivity index (χ0v) is 9.42. The summed E-state index contributed by atoms with van der Waals surface area (Å²) in [5.41, 5.74) is 0.345. The first-order chi connectivity index (χ1) is 6.34. The molecule has 0 saturated carbocycles. The van der Waals surface area contributed by atoms with Crippen LogP contribution in [0.15, 0.2) is 11.8 Å². The van der Waals surface area contributed by atoms with Gasteiger partial charge in [0.05, 0.1) is 0 Å². The number of hydrogen-bond donors (Lipinski definition) is 1. The average molecular weight is 198 g/mol. The lowest BCUT2D eigenvalue weighted by Crippen LogP contribution is -2.33. The van der Waals surface area contributed by atoms with Gasteiger partial charge in [-0.05, 0) is 5.92 Å². The molecule has 0 radical (unpaired) electrons. The molecular formula is C10H18N2O2. The summed E-state index contributed by atoms with van der Waals surface area (Å²) in [5.74, 6) is -0.193. The molecule has 0 aromatic rings. The van der Waals surface area contributed by atoms with E-state index in [9.17, 15) is 9.59 Å². The van der Waals surface area contributed by atoms with Gasteiger partial charge in [-0.15, -0.1) is 0 Å². The summed E-state index contributed by atoms with van der Waals surface area (Å²) < 4.78 is 0. The highest BCUT2D eigenvalue weighted by Gasteiger charge is 2.12. The van der Waals surface area contributed by atoms with E-state index in [2.05, 4.69) is 5.32 Å². The van der Waals surface area contributed by atoms with E-state index in [4.69, 9.17) is 0 Å². The fraction of sp³-hybridized carbons (Fsp3) is 0.600. The molecule has 0 aliphatic rings. The van der Waals surface area contributed by atoms with Crippen LogP contribution in [0.25, 0.3) is 0 Å². The largest absolute Gasteiger partial charge is 0.344 e. The van der Waals surface area contributed by atoms with Crippen LogP contribution >= 0.6 is 0 Å². The Kier molecular flexibility index (Phi) is 4.91. The third-order valence-electron chi connectivity index (χ3n) is 1.45. The number of carbonyl (C=O) groups excluding carboxylic acids is 2. The van der Waals surface area contributed by atoms with Crippen LogP contribution in [0.5, 0.6) is 0 Å². The Hall–Kier alpha value is -1.32. The summed E-state index contributed by atoms with van der Waals surface area (Å²) in [4.78, 5) is 23.8. The van der Waals surface area contributed by atoms with Gasteiger partial charge in [-0.1, -0.05) is 19.9 Å².